The number of unbranched alkanes of at least 4 members (excludes halogenated alkanes) is 2. The van der Waals surface area contributed by atoms with Crippen LogP contribution in [0.2, 0.25) is 0 Å². The number of hydrogen-bond acceptors (Lipinski definition) is 1. The summed E-state index contributed by atoms with van der Waals surface area (Å²) >= 11 is 5.83. The Morgan fingerprint density at radius 3 is 2.28 bits per heavy atom. The van der Waals surface area contributed by atoms with E-state index in [9.17, 15) is 4.79 Å². The minimum absolute atomic E-state index is 0.123. The number of aryl methyl sites for hydroxylation is 1. The van der Waals surface area contributed by atoms with Crippen molar-refractivity contribution in [3.05, 3.63) is 35.4 Å². The molecule has 1 aromatic carbocycles. The van der Waals surface area contributed by atoms with Crippen molar-refractivity contribution in [2.24, 2.45) is 5.41 Å². The van der Waals surface area contributed by atoms with E-state index in [1.807, 2.05) is 26.0 Å². The van der Waals surface area contributed by atoms with Crippen molar-refractivity contribution in [3.63, 3.8) is 0 Å². The zero-order valence-corrected chi connectivity index (χ0v) is 12.4. The topological polar surface area (TPSA) is 17.1 Å². The second kappa shape index (κ2) is 6.94. The summed E-state index contributed by atoms with van der Waals surface area (Å²) < 4.78 is 0. The third-order valence-corrected chi connectivity index (χ3v) is 3.90. The molecule has 0 atom stereocenters. The van der Waals surface area contributed by atoms with E-state index >= 15 is 0 Å². The van der Waals surface area contributed by atoms with Gasteiger partial charge in [0.25, 0.3) is 0 Å². The van der Waals surface area contributed by atoms with Gasteiger partial charge in [-0.2, -0.15) is 0 Å². The highest BCUT2D eigenvalue weighted by Crippen LogP contribution is 2.23. The Kier molecular flexibility index (Phi) is 5.87. The third-order valence-electron chi connectivity index (χ3n) is 3.23. The molecule has 0 aromatic heterocycles. The standard InChI is InChI=1S/C16H23ClO/c1-4-5-6-7-13-8-10-14(11-9-13)15(18)16(2,3)12-17/h8-11H,4-7,12H2,1-3H3. The summed E-state index contributed by atoms with van der Waals surface area (Å²) in [5, 5.41) is 0. The van der Waals surface area contributed by atoms with E-state index in [4.69, 9.17) is 11.6 Å². The summed E-state index contributed by atoms with van der Waals surface area (Å²) in [5.74, 6) is 0.474. The molecule has 0 spiro atoms. The first-order valence-corrected chi connectivity index (χ1v) is 7.24. The van der Waals surface area contributed by atoms with Crippen molar-refractivity contribution in [1.29, 1.82) is 0 Å². The molecule has 0 fully saturated rings. The first kappa shape index (κ1) is 15.2. The van der Waals surface area contributed by atoms with Crippen LogP contribution in [0.4, 0.5) is 0 Å². The Balaban J connectivity index is 2.68. The van der Waals surface area contributed by atoms with E-state index in [2.05, 4.69) is 19.1 Å². The molecule has 1 nitrogen and oxygen atoms in total. The molecule has 0 saturated carbocycles. The van der Waals surface area contributed by atoms with E-state index in [1.165, 1.54) is 24.8 Å². The summed E-state index contributed by atoms with van der Waals surface area (Å²) in [5.41, 5.74) is 1.59. The fourth-order valence-electron chi connectivity index (χ4n) is 1.85. The lowest BCUT2D eigenvalue weighted by Gasteiger charge is -2.19. The van der Waals surface area contributed by atoms with E-state index in [1.54, 1.807) is 0 Å². The van der Waals surface area contributed by atoms with Crippen LogP contribution in [0.1, 0.15) is 56.0 Å². The van der Waals surface area contributed by atoms with Crippen LogP contribution < -0.4 is 0 Å². The number of Topliss-reactive ketones (excluding diaryl/α,β-unsaturated/α-hetero) is 1. The van der Waals surface area contributed by atoms with Crippen molar-refractivity contribution < 1.29 is 4.79 Å². The van der Waals surface area contributed by atoms with Crippen LogP contribution in [-0.4, -0.2) is 11.7 Å². The van der Waals surface area contributed by atoms with Gasteiger partial charge in [-0.15, -0.1) is 11.6 Å². The molecule has 0 aliphatic carbocycles. The first-order chi connectivity index (χ1) is 8.51. The predicted molar refractivity (Wildman–Crippen MR) is 78.5 cm³/mol. The molecule has 0 heterocycles. The van der Waals surface area contributed by atoms with Crippen molar-refractivity contribution >= 4 is 17.4 Å². The van der Waals surface area contributed by atoms with Crippen LogP contribution in [0.5, 0.6) is 0 Å². The Morgan fingerprint density at radius 2 is 1.78 bits per heavy atom. The lowest BCUT2D eigenvalue weighted by molar-refractivity contribution is 0.0862. The lowest BCUT2D eigenvalue weighted by atomic mass is 9.86. The van der Waals surface area contributed by atoms with Crippen molar-refractivity contribution in [2.45, 2.75) is 46.5 Å². The van der Waals surface area contributed by atoms with Crippen molar-refractivity contribution in [3.8, 4) is 0 Å². The molecule has 1 rings (SSSR count). The number of rotatable bonds is 7. The molecule has 0 aliphatic rings. The SMILES string of the molecule is CCCCCc1ccc(C(=O)C(C)(C)CCl)cc1. The highest BCUT2D eigenvalue weighted by molar-refractivity contribution is 6.20. The van der Waals surface area contributed by atoms with Crippen molar-refractivity contribution in [1.82, 2.24) is 0 Å². The highest BCUT2D eigenvalue weighted by atomic mass is 35.5. The molecule has 0 saturated heterocycles. The largest absolute Gasteiger partial charge is 0.294 e. The summed E-state index contributed by atoms with van der Waals surface area (Å²) in [6.45, 7) is 5.98. The summed E-state index contributed by atoms with van der Waals surface area (Å²) in [6.07, 6.45) is 4.82. The second-order valence-electron chi connectivity index (χ2n) is 5.50. The maximum absolute atomic E-state index is 12.2. The van der Waals surface area contributed by atoms with E-state index in [0.717, 1.165) is 12.0 Å². The van der Waals surface area contributed by atoms with Gasteiger partial charge in [0.1, 0.15) is 0 Å². The van der Waals surface area contributed by atoms with Crippen molar-refractivity contribution in [2.75, 3.05) is 5.88 Å². The maximum atomic E-state index is 12.2. The zero-order valence-electron chi connectivity index (χ0n) is 11.6. The minimum Gasteiger partial charge on any atom is -0.294 e. The number of halogens is 1. The van der Waals surface area contributed by atoms with E-state index in [-0.39, 0.29) is 5.78 Å². The van der Waals surface area contributed by atoms with E-state index < -0.39 is 5.41 Å². The van der Waals surface area contributed by atoms with E-state index in [0.29, 0.717) is 5.88 Å². The number of benzene rings is 1. The second-order valence-corrected chi connectivity index (χ2v) is 5.77. The van der Waals surface area contributed by atoms with Gasteiger partial charge in [0, 0.05) is 16.9 Å². The summed E-state index contributed by atoms with van der Waals surface area (Å²) in [7, 11) is 0. The van der Waals surface area contributed by atoms with Crippen LogP contribution >= 0.6 is 11.6 Å². The Hall–Kier alpha value is -0.820. The molecule has 0 aliphatic heterocycles. The quantitative estimate of drug-likeness (QED) is 0.391. The van der Waals surface area contributed by atoms with Gasteiger partial charge in [0.15, 0.2) is 5.78 Å². The minimum atomic E-state index is -0.481. The first-order valence-electron chi connectivity index (χ1n) is 6.71. The fourth-order valence-corrected chi connectivity index (χ4v) is 1.97. The molecular formula is C16H23ClO. The molecule has 18 heavy (non-hydrogen) atoms. The lowest BCUT2D eigenvalue weighted by Crippen LogP contribution is -2.26. The van der Waals surface area contributed by atoms with Gasteiger partial charge in [-0.1, -0.05) is 57.9 Å². The average molecular weight is 267 g/mol. The number of alkyl halides is 1. The monoisotopic (exact) mass is 266 g/mol. The molecule has 2 heteroatoms. The Bertz CT molecular complexity index is 379. The molecule has 1 aromatic rings. The average Bonchev–Trinajstić information content (AvgIpc) is 2.39. The number of ketones is 1. The normalized spacial score (nSPS) is 11.6. The van der Waals surface area contributed by atoms with Gasteiger partial charge in [-0.05, 0) is 18.4 Å². The van der Waals surface area contributed by atoms with Crippen LogP contribution in [0.15, 0.2) is 24.3 Å². The van der Waals surface area contributed by atoms with Crippen LogP contribution in [0.25, 0.3) is 0 Å². The molecule has 100 valence electrons. The number of hydrogen-bond donors (Lipinski definition) is 0. The van der Waals surface area contributed by atoms with Gasteiger partial charge in [-0.3, -0.25) is 4.79 Å². The summed E-state index contributed by atoms with van der Waals surface area (Å²) in [4.78, 5) is 12.2. The molecule has 0 amide bonds. The third kappa shape index (κ3) is 4.13. The highest BCUT2D eigenvalue weighted by Gasteiger charge is 2.27. The van der Waals surface area contributed by atoms with Gasteiger partial charge in [0.2, 0.25) is 0 Å². The van der Waals surface area contributed by atoms with Gasteiger partial charge >= 0.3 is 0 Å². The maximum Gasteiger partial charge on any atom is 0.169 e. The fraction of sp³-hybridized carbons (Fsp3) is 0.562. The number of carbonyl (C=O) groups excluding carboxylic acids is 1. The van der Waals surface area contributed by atoms with Gasteiger partial charge < -0.3 is 0 Å². The van der Waals surface area contributed by atoms with Gasteiger partial charge in [0.05, 0.1) is 0 Å². The number of carbonyl (C=O) groups is 1. The molecule has 0 unspecified atom stereocenters. The molecule has 0 radical (unpaired) electrons. The van der Waals surface area contributed by atoms with Gasteiger partial charge in [-0.25, -0.2) is 0 Å². The van der Waals surface area contributed by atoms with Crippen LogP contribution in [0.3, 0.4) is 0 Å². The van der Waals surface area contributed by atoms with Crippen LogP contribution in [-0.2, 0) is 6.42 Å². The summed E-state index contributed by atoms with van der Waals surface area (Å²) in [6, 6.07) is 7.98. The Labute approximate surface area is 116 Å². The molecule has 0 N–H and O–H groups in total. The molecule has 0 bridgehead atoms. The smallest absolute Gasteiger partial charge is 0.169 e. The zero-order chi connectivity index (χ0) is 13.6. The Morgan fingerprint density at radius 1 is 1.17 bits per heavy atom. The molecular weight excluding hydrogens is 244 g/mol. The predicted octanol–water partition coefficient (Wildman–Crippen LogP) is 4.87. The van der Waals surface area contributed by atoms with Crippen LogP contribution in [0, 0.1) is 5.41 Å².